The Morgan fingerprint density at radius 2 is 1.60 bits per heavy atom. The Hall–Kier alpha value is -0.890. The summed E-state index contributed by atoms with van der Waals surface area (Å²) in [5.41, 5.74) is 6.68. The third kappa shape index (κ3) is 15.2. The second kappa shape index (κ2) is 10.8. The van der Waals surface area contributed by atoms with Crippen molar-refractivity contribution in [1.82, 2.24) is 4.57 Å². The SMILES string of the molecule is C1CCCCC1.Cn1ccc(CCN)c1.NS(=O)(=O)O. The maximum Gasteiger partial charge on any atom is 0.330 e. The molecule has 118 valence electrons. The van der Waals surface area contributed by atoms with Crippen LogP contribution in [0.5, 0.6) is 0 Å². The van der Waals surface area contributed by atoms with Crippen molar-refractivity contribution in [2.75, 3.05) is 6.54 Å². The highest BCUT2D eigenvalue weighted by molar-refractivity contribution is 7.83. The smallest absolute Gasteiger partial charge is 0.330 e. The summed E-state index contributed by atoms with van der Waals surface area (Å²) >= 11 is 0. The lowest BCUT2D eigenvalue weighted by Gasteiger charge is -2.05. The molecule has 0 unspecified atom stereocenters. The van der Waals surface area contributed by atoms with Gasteiger partial charge in [0.15, 0.2) is 0 Å². The van der Waals surface area contributed by atoms with E-state index < -0.39 is 10.3 Å². The van der Waals surface area contributed by atoms with E-state index in [-0.39, 0.29) is 0 Å². The maximum absolute atomic E-state index is 8.97. The maximum atomic E-state index is 8.97. The van der Waals surface area contributed by atoms with Crippen LogP contribution in [-0.4, -0.2) is 24.1 Å². The molecular weight excluding hydrogens is 278 g/mol. The van der Waals surface area contributed by atoms with E-state index in [1.165, 1.54) is 44.1 Å². The van der Waals surface area contributed by atoms with Crippen molar-refractivity contribution in [2.24, 2.45) is 17.9 Å². The van der Waals surface area contributed by atoms with Gasteiger partial charge in [-0.25, -0.2) is 5.14 Å². The first-order chi connectivity index (χ1) is 9.33. The van der Waals surface area contributed by atoms with Crippen molar-refractivity contribution in [3.63, 3.8) is 0 Å². The lowest BCUT2D eigenvalue weighted by atomic mass is 10.0. The van der Waals surface area contributed by atoms with Crippen LogP contribution in [0.15, 0.2) is 18.5 Å². The largest absolute Gasteiger partial charge is 0.357 e. The van der Waals surface area contributed by atoms with E-state index in [0.29, 0.717) is 0 Å². The number of rotatable bonds is 2. The summed E-state index contributed by atoms with van der Waals surface area (Å²) in [6.45, 7) is 0.740. The standard InChI is InChI=1S/C7H12N2.C6H12.H3NO3S/c1-9-5-3-7(6-9)2-4-8;1-2-4-6-5-3-1;1-5(2,3)4/h3,5-6H,2,4,8H2,1H3;1-6H2;(H3,1,2,3,4). The molecule has 5 N–H and O–H groups in total. The molecule has 0 bridgehead atoms. The van der Waals surface area contributed by atoms with Crippen LogP contribution >= 0.6 is 0 Å². The zero-order chi connectivity index (χ0) is 15.4. The molecule has 2 rings (SSSR count). The predicted molar refractivity (Wildman–Crippen MR) is 81.6 cm³/mol. The highest BCUT2D eigenvalue weighted by atomic mass is 32.2. The van der Waals surface area contributed by atoms with Crippen molar-refractivity contribution in [3.8, 4) is 0 Å². The molecule has 0 amide bonds. The first-order valence-corrected chi connectivity index (χ1v) is 8.39. The van der Waals surface area contributed by atoms with Gasteiger partial charge >= 0.3 is 10.3 Å². The van der Waals surface area contributed by atoms with Gasteiger partial charge in [0.25, 0.3) is 0 Å². The topological polar surface area (TPSA) is 111 Å². The summed E-state index contributed by atoms with van der Waals surface area (Å²) in [5, 5.41) is 3.88. The number of nitrogens with zero attached hydrogens (tertiary/aromatic N) is 1. The molecule has 1 aliphatic carbocycles. The summed E-state index contributed by atoms with van der Waals surface area (Å²) in [6, 6.07) is 2.09. The molecule has 20 heavy (non-hydrogen) atoms. The molecule has 7 heteroatoms. The van der Waals surface area contributed by atoms with E-state index in [2.05, 4.69) is 17.4 Å². The van der Waals surface area contributed by atoms with Gasteiger partial charge in [-0.2, -0.15) is 8.42 Å². The van der Waals surface area contributed by atoms with E-state index in [1.54, 1.807) is 0 Å². The van der Waals surface area contributed by atoms with Crippen LogP contribution in [-0.2, 0) is 23.8 Å². The molecule has 1 aromatic rings. The van der Waals surface area contributed by atoms with Crippen LogP contribution in [0.4, 0.5) is 0 Å². The van der Waals surface area contributed by atoms with Crippen LogP contribution in [0.1, 0.15) is 44.1 Å². The van der Waals surface area contributed by atoms with Gasteiger partial charge in [0.05, 0.1) is 0 Å². The van der Waals surface area contributed by atoms with Crippen LogP contribution in [0.25, 0.3) is 0 Å². The first-order valence-electron chi connectivity index (χ1n) is 6.89. The van der Waals surface area contributed by atoms with E-state index in [0.717, 1.165) is 13.0 Å². The lowest BCUT2D eigenvalue weighted by molar-refractivity contribution is 0.485. The van der Waals surface area contributed by atoms with Crippen LogP contribution in [0, 0.1) is 0 Å². The zero-order valence-corrected chi connectivity index (χ0v) is 13.0. The highest BCUT2D eigenvalue weighted by Crippen LogP contribution is 2.15. The fourth-order valence-corrected chi connectivity index (χ4v) is 1.94. The number of aryl methyl sites for hydroxylation is 1. The summed E-state index contributed by atoms with van der Waals surface area (Å²) in [5.74, 6) is 0. The summed E-state index contributed by atoms with van der Waals surface area (Å²) in [6.07, 6.45) is 14.1. The van der Waals surface area contributed by atoms with Gasteiger partial charge in [0.2, 0.25) is 0 Å². The molecule has 0 radical (unpaired) electrons. The monoisotopic (exact) mass is 305 g/mol. The minimum Gasteiger partial charge on any atom is -0.357 e. The molecule has 0 saturated heterocycles. The minimum atomic E-state index is -4.17. The van der Waals surface area contributed by atoms with Gasteiger partial charge < -0.3 is 10.3 Å². The molecule has 1 fully saturated rings. The van der Waals surface area contributed by atoms with Gasteiger partial charge in [0.1, 0.15) is 0 Å². The average Bonchev–Trinajstić information content (AvgIpc) is 2.76. The summed E-state index contributed by atoms with van der Waals surface area (Å²) in [7, 11) is -2.15. The van der Waals surface area contributed by atoms with Gasteiger partial charge in [-0.1, -0.05) is 38.5 Å². The number of hydrogen-bond acceptors (Lipinski definition) is 3. The summed E-state index contributed by atoms with van der Waals surface area (Å²) < 4.78 is 27.2. The molecule has 1 saturated carbocycles. The normalized spacial score (nSPS) is 14.6. The highest BCUT2D eigenvalue weighted by Gasteiger charge is 1.95. The molecule has 0 atom stereocenters. The van der Waals surface area contributed by atoms with Gasteiger partial charge in [-0.15, -0.1) is 0 Å². The van der Waals surface area contributed by atoms with Crippen molar-refractivity contribution in [2.45, 2.75) is 44.9 Å². The van der Waals surface area contributed by atoms with Crippen LogP contribution in [0.2, 0.25) is 0 Å². The Morgan fingerprint density at radius 1 is 1.20 bits per heavy atom. The quantitative estimate of drug-likeness (QED) is 0.721. The number of hydrogen-bond donors (Lipinski definition) is 3. The lowest BCUT2D eigenvalue weighted by Crippen LogP contribution is -2.08. The van der Waals surface area contributed by atoms with E-state index >= 15 is 0 Å². The Balaban J connectivity index is 0.000000288. The fourth-order valence-electron chi connectivity index (χ4n) is 1.94. The molecule has 0 aromatic carbocycles. The third-order valence-electron chi connectivity index (χ3n) is 2.83. The molecule has 1 heterocycles. The second-order valence-corrected chi connectivity index (χ2v) is 5.89. The molecule has 0 aliphatic heterocycles. The fraction of sp³-hybridized carbons (Fsp3) is 0.692. The summed E-state index contributed by atoms with van der Waals surface area (Å²) in [4.78, 5) is 0. The Labute approximate surface area is 122 Å². The van der Waals surface area contributed by atoms with Crippen molar-refractivity contribution < 1.29 is 13.0 Å². The van der Waals surface area contributed by atoms with Gasteiger partial charge in [-0.3, -0.25) is 4.55 Å². The molecular formula is C13H27N3O3S. The predicted octanol–water partition coefficient (Wildman–Crippen LogP) is 1.61. The van der Waals surface area contributed by atoms with E-state index in [9.17, 15) is 0 Å². The Morgan fingerprint density at radius 3 is 1.85 bits per heavy atom. The Bertz CT molecular complexity index is 420. The van der Waals surface area contributed by atoms with E-state index in [1.807, 2.05) is 17.8 Å². The molecule has 0 spiro atoms. The number of aromatic nitrogens is 1. The first kappa shape index (κ1) is 19.1. The van der Waals surface area contributed by atoms with Crippen molar-refractivity contribution in [3.05, 3.63) is 24.0 Å². The number of nitrogens with two attached hydrogens (primary N) is 2. The average molecular weight is 305 g/mol. The van der Waals surface area contributed by atoms with Gasteiger partial charge in [-0.05, 0) is 24.6 Å². The molecule has 1 aromatic heterocycles. The third-order valence-corrected chi connectivity index (χ3v) is 2.83. The van der Waals surface area contributed by atoms with Crippen LogP contribution in [0.3, 0.4) is 0 Å². The van der Waals surface area contributed by atoms with Gasteiger partial charge in [0, 0.05) is 19.4 Å². The Kier molecular flexibility index (Phi) is 10.4. The molecule has 1 aliphatic rings. The van der Waals surface area contributed by atoms with Crippen molar-refractivity contribution >= 4 is 10.3 Å². The minimum absolute atomic E-state index is 0.740. The van der Waals surface area contributed by atoms with Crippen LogP contribution < -0.4 is 10.9 Å². The molecule has 6 nitrogen and oxygen atoms in total. The van der Waals surface area contributed by atoms with E-state index in [4.69, 9.17) is 18.7 Å². The van der Waals surface area contributed by atoms with Crippen molar-refractivity contribution in [1.29, 1.82) is 0 Å². The second-order valence-electron chi connectivity index (χ2n) is 4.86. The zero-order valence-electron chi connectivity index (χ0n) is 12.2.